The van der Waals surface area contributed by atoms with E-state index in [1.54, 1.807) is 0 Å². The Labute approximate surface area is 68.5 Å². The predicted molar refractivity (Wildman–Crippen MR) is 38.8 cm³/mol. The molecule has 0 unspecified atom stereocenters. The van der Waals surface area contributed by atoms with E-state index in [0.717, 1.165) is 0 Å². The molecule has 0 aliphatic carbocycles. The number of hydrogen-bond donors (Lipinski definition) is 3. The van der Waals surface area contributed by atoms with Crippen molar-refractivity contribution in [3.63, 3.8) is 0 Å². The van der Waals surface area contributed by atoms with Gasteiger partial charge in [-0.3, -0.25) is 25.0 Å². The van der Waals surface area contributed by atoms with Crippen molar-refractivity contribution in [1.82, 2.24) is 10.6 Å². The lowest BCUT2D eigenvalue weighted by Crippen LogP contribution is -2.40. The van der Waals surface area contributed by atoms with Gasteiger partial charge in [0.05, 0.1) is 19.0 Å². The third kappa shape index (κ3) is 2.03. The van der Waals surface area contributed by atoms with Crippen LogP contribution in [0.3, 0.4) is 0 Å². The zero-order valence-electron chi connectivity index (χ0n) is 6.29. The van der Waals surface area contributed by atoms with Gasteiger partial charge in [0.2, 0.25) is 17.7 Å². The standard InChI is InChI=1S/C6H9N3O3/c7-4(10)2-8-3-1-5(11)9-6(3)12/h3,8H,1-2H2,(H2,7,10)(H,9,11,12)/t3-/m1/s1. The summed E-state index contributed by atoms with van der Waals surface area (Å²) in [5, 5.41) is 4.65. The molecule has 66 valence electrons. The Balaban J connectivity index is 2.38. The molecule has 0 bridgehead atoms. The van der Waals surface area contributed by atoms with Crippen molar-refractivity contribution in [2.45, 2.75) is 12.5 Å². The van der Waals surface area contributed by atoms with Gasteiger partial charge in [-0.25, -0.2) is 0 Å². The number of amides is 3. The summed E-state index contributed by atoms with van der Waals surface area (Å²) in [5.74, 6) is -1.29. The molecule has 0 aromatic heterocycles. The normalized spacial score (nSPS) is 22.5. The molecule has 1 aliphatic rings. The monoisotopic (exact) mass is 171 g/mol. The highest BCUT2D eigenvalue weighted by molar-refractivity contribution is 6.05. The van der Waals surface area contributed by atoms with E-state index >= 15 is 0 Å². The minimum atomic E-state index is -0.606. The second kappa shape index (κ2) is 3.31. The van der Waals surface area contributed by atoms with E-state index in [9.17, 15) is 14.4 Å². The maximum atomic E-state index is 10.9. The van der Waals surface area contributed by atoms with E-state index in [4.69, 9.17) is 5.73 Å². The number of primary amides is 1. The molecule has 3 amide bonds. The third-order valence-electron chi connectivity index (χ3n) is 1.49. The van der Waals surface area contributed by atoms with Crippen molar-refractivity contribution in [3.05, 3.63) is 0 Å². The fourth-order valence-electron chi connectivity index (χ4n) is 0.942. The van der Waals surface area contributed by atoms with Crippen LogP contribution in [0.4, 0.5) is 0 Å². The molecule has 1 saturated heterocycles. The summed E-state index contributed by atoms with van der Waals surface area (Å²) in [6.07, 6.45) is 0.0755. The van der Waals surface area contributed by atoms with Crippen LogP contribution in [-0.4, -0.2) is 30.3 Å². The molecule has 0 spiro atoms. The SMILES string of the molecule is NC(=O)CN[C@@H]1CC(=O)NC1=O. The molecule has 1 atom stereocenters. The first-order valence-corrected chi connectivity index (χ1v) is 3.45. The van der Waals surface area contributed by atoms with Crippen LogP contribution in [0.15, 0.2) is 0 Å². The van der Waals surface area contributed by atoms with Crippen LogP contribution >= 0.6 is 0 Å². The minimum absolute atomic E-state index is 0.0755. The van der Waals surface area contributed by atoms with Crippen LogP contribution in [0.5, 0.6) is 0 Å². The number of hydrogen-bond acceptors (Lipinski definition) is 4. The van der Waals surface area contributed by atoms with Crippen LogP contribution in [-0.2, 0) is 14.4 Å². The molecule has 1 heterocycles. The zero-order chi connectivity index (χ0) is 9.14. The molecule has 1 rings (SSSR count). The maximum absolute atomic E-state index is 10.9. The van der Waals surface area contributed by atoms with Gasteiger partial charge in [-0.05, 0) is 0 Å². The summed E-state index contributed by atoms with van der Waals surface area (Å²) in [7, 11) is 0. The van der Waals surface area contributed by atoms with Crippen LogP contribution in [0.1, 0.15) is 6.42 Å². The number of rotatable bonds is 3. The van der Waals surface area contributed by atoms with Gasteiger partial charge in [-0.15, -0.1) is 0 Å². The van der Waals surface area contributed by atoms with Crippen molar-refractivity contribution in [3.8, 4) is 0 Å². The highest BCUT2D eigenvalue weighted by Crippen LogP contribution is 1.99. The topological polar surface area (TPSA) is 101 Å². The highest BCUT2D eigenvalue weighted by Gasteiger charge is 2.29. The minimum Gasteiger partial charge on any atom is -0.369 e. The van der Waals surface area contributed by atoms with Crippen molar-refractivity contribution in [1.29, 1.82) is 0 Å². The average molecular weight is 171 g/mol. The second-order valence-electron chi connectivity index (χ2n) is 2.52. The lowest BCUT2D eigenvalue weighted by atomic mass is 10.2. The van der Waals surface area contributed by atoms with Gasteiger partial charge in [-0.1, -0.05) is 0 Å². The Bertz CT molecular complexity index is 238. The van der Waals surface area contributed by atoms with Crippen molar-refractivity contribution in [2.75, 3.05) is 6.54 Å². The molecule has 1 aliphatic heterocycles. The van der Waals surface area contributed by atoms with E-state index in [2.05, 4.69) is 10.6 Å². The van der Waals surface area contributed by atoms with Crippen LogP contribution in [0.25, 0.3) is 0 Å². The van der Waals surface area contributed by atoms with Gasteiger partial charge >= 0.3 is 0 Å². The first kappa shape index (κ1) is 8.66. The number of carbonyl (C=O) groups excluding carboxylic acids is 3. The molecule has 0 saturated carbocycles. The van der Waals surface area contributed by atoms with Gasteiger partial charge < -0.3 is 5.73 Å². The van der Waals surface area contributed by atoms with Gasteiger partial charge in [0.25, 0.3) is 0 Å². The summed E-state index contributed by atoms with van der Waals surface area (Å²) < 4.78 is 0. The smallest absolute Gasteiger partial charge is 0.244 e. The Hall–Kier alpha value is -1.43. The number of carbonyl (C=O) groups is 3. The molecule has 0 aromatic carbocycles. The van der Waals surface area contributed by atoms with Gasteiger partial charge in [0.1, 0.15) is 0 Å². The molecule has 6 nitrogen and oxygen atoms in total. The second-order valence-corrected chi connectivity index (χ2v) is 2.52. The lowest BCUT2D eigenvalue weighted by Gasteiger charge is -2.05. The summed E-state index contributed by atoms with van der Waals surface area (Å²) in [6, 6.07) is -0.606. The van der Waals surface area contributed by atoms with Gasteiger partial charge in [0, 0.05) is 0 Å². The maximum Gasteiger partial charge on any atom is 0.244 e. The Morgan fingerprint density at radius 1 is 1.67 bits per heavy atom. The van der Waals surface area contributed by atoms with E-state index < -0.39 is 17.9 Å². The first-order chi connectivity index (χ1) is 5.59. The Kier molecular flexibility index (Phi) is 2.39. The summed E-state index contributed by atoms with van der Waals surface area (Å²) >= 11 is 0. The summed E-state index contributed by atoms with van der Waals surface area (Å²) in [6.45, 7) is -0.0919. The average Bonchev–Trinajstić information content (AvgIpc) is 2.26. The number of nitrogens with two attached hydrogens (primary N) is 1. The predicted octanol–water partition coefficient (Wildman–Crippen LogP) is -2.52. The molecule has 4 N–H and O–H groups in total. The third-order valence-corrected chi connectivity index (χ3v) is 1.49. The largest absolute Gasteiger partial charge is 0.369 e. The van der Waals surface area contributed by atoms with E-state index in [1.165, 1.54) is 0 Å². The van der Waals surface area contributed by atoms with E-state index in [0.29, 0.717) is 0 Å². The molecule has 0 aromatic rings. The number of imide groups is 1. The first-order valence-electron chi connectivity index (χ1n) is 3.45. The quantitative estimate of drug-likeness (QED) is 0.408. The van der Waals surface area contributed by atoms with Crippen molar-refractivity contribution < 1.29 is 14.4 Å². The Morgan fingerprint density at radius 3 is 2.75 bits per heavy atom. The van der Waals surface area contributed by atoms with Crippen LogP contribution in [0, 0.1) is 0 Å². The zero-order valence-corrected chi connectivity index (χ0v) is 6.29. The lowest BCUT2D eigenvalue weighted by molar-refractivity contribution is -0.125. The summed E-state index contributed by atoms with van der Waals surface area (Å²) in [5.41, 5.74) is 4.83. The molecular weight excluding hydrogens is 162 g/mol. The molecule has 6 heteroatoms. The fraction of sp³-hybridized carbons (Fsp3) is 0.500. The van der Waals surface area contributed by atoms with Crippen molar-refractivity contribution in [2.24, 2.45) is 5.73 Å². The molecular formula is C6H9N3O3. The fourth-order valence-corrected chi connectivity index (χ4v) is 0.942. The molecule has 1 fully saturated rings. The van der Waals surface area contributed by atoms with Crippen molar-refractivity contribution >= 4 is 17.7 Å². The van der Waals surface area contributed by atoms with E-state index in [-0.39, 0.29) is 18.9 Å². The molecule has 12 heavy (non-hydrogen) atoms. The molecule has 0 radical (unpaired) electrons. The van der Waals surface area contributed by atoms with Gasteiger partial charge in [-0.2, -0.15) is 0 Å². The highest BCUT2D eigenvalue weighted by atomic mass is 16.2. The number of nitrogens with one attached hydrogen (secondary N) is 2. The van der Waals surface area contributed by atoms with E-state index in [1.807, 2.05) is 0 Å². The van der Waals surface area contributed by atoms with Gasteiger partial charge in [0.15, 0.2) is 0 Å². The Morgan fingerprint density at radius 2 is 2.33 bits per heavy atom. The van der Waals surface area contributed by atoms with Crippen LogP contribution in [0.2, 0.25) is 0 Å². The van der Waals surface area contributed by atoms with Crippen LogP contribution < -0.4 is 16.4 Å². The summed E-state index contributed by atoms with van der Waals surface area (Å²) in [4.78, 5) is 31.8.